The van der Waals surface area contributed by atoms with E-state index < -0.39 is 10.8 Å². The minimum Gasteiger partial charge on any atom is -0.468 e. The number of hydrogen-bond donors (Lipinski definition) is 0. The maximum Gasteiger partial charge on any atom is 0.319 e. The van der Waals surface area contributed by atoms with Crippen molar-refractivity contribution >= 4 is 29.2 Å². The van der Waals surface area contributed by atoms with E-state index in [1.54, 1.807) is 11.0 Å². The fraction of sp³-hybridized carbons (Fsp3) is 0.364. The van der Waals surface area contributed by atoms with Crippen LogP contribution in [0, 0.1) is 5.41 Å². The van der Waals surface area contributed by atoms with E-state index in [2.05, 4.69) is 0 Å². The Morgan fingerprint density at radius 2 is 1.78 bits per heavy atom. The van der Waals surface area contributed by atoms with Crippen molar-refractivity contribution in [2.24, 2.45) is 5.41 Å². The molecule has 1 saturated carbocycles. The summed E-state index contributed by atoms with van der Waals surface area (Å²) in [6.07, 6.45) is 0. The van der Waals surface area contributed by atoms with Crippen LogP contribution in [-0.4, -0.2) is 25.0 Å². The Morgan fingerprint density at radius 1 is 1.11 bits per heavy atom. The first kappa shape index (κ1) is 18.1. The summed E-state index contributed by atoms with van der Waals surface area (Å²) in [5.74, 6) is -0.492. The Morgan fingerprint density at radius 3 is 2.37 bits per heavy atom. The summed E-state index contributed by atoms with van der Waals surface area (Å²) in [6, 6.07) is 14.8. The number of amides is 1. The van der Waals surface area contributed by atoms with Crippen molar-refractivity contribution in [1.82, 2.24) is 0 Å². The van der Waals surface area contributed by atoms with Gasteiger partial charge in [-0.05, 0) is 29.3 Å². The van der Waals surface area contributed by atoms with Crippen LogP contribution in [0.1, 0.15) is 37.8 Å². The highest BCUT2D eigenvalue weighted by Gasteiger charge is 2.78. The van der Waals surface area contributed by atoms with Crippen LogP contribution in [0.3, 0.4) is 0 Å². The van der Waals surface area contributed by atoms with Gasteiger partial charge in [0.2, 0.25) is 5.91 Å². The molecule has 1 aliphatic carbocycles. The van der Waals surface area contributed by atoms with Gasteiger partial charge in [0.1, 0.15) is 5.41 Å². The molecule has 4 nitrogen and oxygen atoms in total. The molecule has 1 aliphatic heterocycles. The van der Waals surface area contributed by atoms with Crippen LogP contribution in [-0.2, 0) is 19.7 Å². The standard InChI is InChI=1S/C22H22ClNO3/c1-21(2,3)19(25)24-16-11-10-14(23)12-15(16)17-18(24)22(17,20(26)27-4)13-8-6-5-7-9-13/h5-12,17-18H,1-4H3/t17-,18+,22+/m1/s1. The number of fused-ring (bicyclic) bond motifs is 3. The molecular weight excluding hydrogens is 362 g/mol. The Bertz CT molecular complexity index is 934. The predicted octanol–water partition coefficient (Wildman–Crippen LogP) is 4.31. The number of esters is 1. The molecule has 0 N–H and O–H groups in total. The third-order valence-corrected chi connectivity index (χ3v) is 5.90. The Kier molecular flexibility index (Phi) is 3.90. The number of halogens is 1. The first-order valence-electron chi connectivity index (χ1n) is 9.01. The minimum absolute atomic E-state index is 0.0136. The second kappa shape index (κ2) is 5.83. The molecule has 1 amide bonds. The lowest BCUT2D eigenvalue weighted by Gasteiger charge is -2.32. The molecule has 0 saturated heterocycles. The van der Waals surface area contributed by atoms with E-state index in [1.807, 2.05) is 63.2 Å². The third kappa shape index (κ3) is 2.36. The topological polar surface area (TPSA) is 46.6 Å². The minimum atomic E-state index is -0.894. The van der Waals surface area contributed by atoms with Gasteiger partial charge in [-0.25, -0.2) is 0 Å². The normalized spacial score (nSPS) is 25.6. The number of methoxy groups -OCH3 is 1. The van der Waals surface area contributed by atoms with Gasteiger partial charge < -0.3 is 9.64 Å². The Balaban J connectivity index is 1.94. The van der Waals surface area contributed by atoms with Gasteiger partial charge in [-0.15, -0.1) is 0 Å². The molecule has 0 bridgehead atoms. The van der Waals surface area contributed by atoms with Crippen LogP contribution in [0.15, 0.2) is 48.5 Å². The van der Waals surface area contributed by atoms with E-state index in [0.29, 0.717) is 5.02 Å². The summed E-state index contributed by atoms with van der Waals surface area (Å²) in [4.78, 5) is 28.1. The fourth-order valence-electron chi connectivity index (χ4n) is 4.48. The van der Waals surface area contributed by atoms with E-state index in [9.17, 15) is 9.59 Å². The van der Waals surface area contributed by atoms with Gasteiger partial charge in [0.25, 0.3) is 0 Å². The van der Waals surface area contributed by atoms with Crippen molar-refractivity contribution in [3.05, 3.63) is 64.7 Å². The number of hydrogen-bond acceptors (Lipinski definition) is 3. The van der Waals surface area contributed by atoms with Gasteiger partial charge >= 0.3 is 5.97 Å². The Labute approximate surface area is 164 Å². The zero-order chi connectivity index (χ0) is 19.6. The van der Waals surface area contributed by atoms with E-state index in [1.165, 1.54) is 7.11 Å². The SMILES string of the molecule is COC(=O)[C@@]1(c2ccccc2)[C@@H]2c3cc(Cl)ccc3N(C(=O)C(C)(C)C)[C@@H]21. The molecule has 0 aromatic heterocycles. The van der Waals surface area contributed by atoms with Gasteiger partial charge in [-0.3, -0.25) is 9.59 Å². The van der Waals surface area contributed by atoms with Crippen molar-refractivity contribution in [3.8, 4) is 0 Å². The number of anilines is 1. The smallest absolute Gasteiger partial charge is 0.319 e. The molecule has 0 spiro atoms. The van der Waals surface area contributed by atoms with E-state index in [0.717, 1.165) is 16.8 Å². The summed E-state index contributed by atoms with van der Waals surface area (Å²) in [5.41, 5.74) is 1.16. The largest absolute Gasteiger partial charge is 0.468 e. The highest BCUT2D eigenvalue weighted by molar-refractivity contribution is 6.31. The van der Waals surface area contributed by atoms with Gasteiger partial charge in [0.15, 0.2) is 0 Å². The maximum absolute atomic E-state index is 13.3. The highest BCUT2D eigenvalue weighted by Crippen LogP contribution is 2.70. The van der Waals surface area contributed by atoms with Crippen LogP contribution in [0.2, 0.25) is 5.02 Å². The molecule has 3 atom stereocenters. The molecule has 1 heterocycles. The molecule has 5 heteroatoms. The third-order valence-electron chi connectivity index (χ3n) is 5.66. The zero-order valence-corrected chi connectivity index (χ0v) is 16.6. The first-order chi connectivity index (χ1) is 12.7. The highest BCUT2D eigenvalue weighted by atomic mass is 35.5. The number of ether oxygens (including phenoxy) is 1. The zero-order valence-electron chi connectivity index (χ0n) is 15.8. The molecule has 2 aliphatic rings. The number of carbonyl (C=O) groups excluding carboxylic acids is 2. The van der Waals surface area contributed by atoms with Crippen LogP contribution < -0.4 is 4.90 Å². The quantitative estimate of drug-likeness (QED) is 0.726. The van der Waals surface area contributed by atoms with Crippen molar-refractivity contribution < 1.29 is 14.3 Å². The molecule has 140 valence electrons. The van der Waals surface area contributed by atoms with Crippen molar-refractivity contribution in [2.75, 3.05) is 12.0 Å². The van der Waals surface area contributed by atoms with Crippen molar-refractivity contribution in [2.45, 2.75) is 38.1 Å². The lowest BCUT2D eigenvalue weighted by molar-refractivity contribution is -0.144. The molecule has 2 aromatic rings. The van der Waals surface area contributed by atoms with Crippen molar-refractivity contribution in [3.63, 3.8) is 0 Å². The van der Waals surface area contributed by atoms with E-state index in [4.69, 9.17) is 16.3 Å². The number of benzene rings is 2. The molecule has 4 rings (SSSR count). The number of carbonyl (C=O) groups is 2. The average Bonchev–Trinajstić information content (AvgIpc) is 3.21. The lowest BCUT2D eigenvalue weighted by Crippen LogP contribution is -2.45. The predicted molar refractivity (Wildman–Crippen MR) is 105 cm³/mol. The molecular formula is C22H22ClNO3. The Hall–Kier alpha value is -2.33. The summed E-state index contributed by atoms with van der Waals surface area (Å²) < 4.78 is 5.22. The molecule has 0 radical (unpaired) electrons. The molecule has 0 unspecified atom stereocenters. The number of rotatable bonds is 2. The van der Waals surface area contributed by atoms with Crippen LogP contribution >= 0.6 is 11.6 Å². The summed E-state index contributed by atoms with van der Waals surface area (Å²) in [7, 11) is 1.40. The maximum atomic E-state index is 13.3. The van der Waals surface area contributed by atoms with Gasteiger partial charge in [-0.2, -0.15) is 0 Å². The van der Waals surface area contributed by atoms with Crippen molar-refractivity contribution in [1.29, 1.82) is 0 Å². The summed E-state index contributed by atoms with van der Waals surface area (Å²) in [6.45, 7) is 5.68. The van der Waals surface area contributed by atoms with Gasteiger partial charge in [-0.1, -0.05) is 62.7 Å². The van der Waals surface area contributed by atoms with Crippen LogP contribution in [0.25, 0.3) is 0 Å². The second-order valence-corrected chi connectivity index (χ2v) is 8.71. The number of nitrogens with zero attached hydrogens (tertiary/aromatic N) is 1. The summed E-state index contributed by atoms with van der Waals surface area (Å²) >= 11 is 6.26. The summed E-state index contributed by atoms with van der Waals surface area (Å²) in [5, 5.41) is 0.594. The lowest BCUT2D eigenvalue weighted by atomic mass is 9.87. The van der Waals surface area contributed by atoms with E-state index in [-0.39, 0.29) is 23.8 Å². The van der Waals surface area contributed by atoms with E-state index >= 15 is 0 Å². The van der Waals surface area contributed by atoms with Crippen LogP contribution in [0.4, 0.5) is 5.69 Å². The monoisotopic (exact) mass is 383 g/mol. The molecule has 27 heavy (non-hydrogen) atoms. The molecule has 2 aromatic carbocycles. The van der Waals surface area contributed by atoms with Crippen LogP contribution in [0.5, 0.6) is 0 Å². The molecule has 1 fully saturated rings. The fourth-order valence-corrected chi connectivity index (χ4v) is 4.66. The second-order valence-electron chi connectivity index (χ2n) is 8.28. The van der Waals surface area contributed by atoms with Gasteiger partial charge in [0, 0.05) is 22.0 Å². The van der Waals surface area contributed by atoms with Gasteiger partial charge in [0.05, 0.1) is 13.2 Å². The average molecular weight is 384 g/mol. The first-order valence-corrected chi connectivity index (χ1v) is 9.39.